The number of fused-ring (bicyclic) bond motifs is 2. The monoisotopic (exact) mass is 600 g/mol. The Balaban J connectivity index is 0.000000169. The minimum atomic E-state index is -0.698. The van der Waals surface area contributed by atoms with E-state index < -0.39 is 16.4 Å². The Bertz CT molecular complexity index is 1950. The summed E-state index contributed by atoms with van der Waals surface area (Å²) in [7, 11) is 0. The van der Waals surface area contributed by atoms with Crippen LogP contribution in [0.5, 0.6) is 0 Å². The van der Waals surface area contributed by atoms with Crippen LogP contribution < -0.4 is 17.2 Å². The third-order valence-electron chi connectivity index (χ3n) is 6.14. The fourth-order valence-electron chi connectivity index (χ4n) is 4.06. The number of halogens is 2. The van der Waals surface area contributed by atoms with Gasteiger partial charge in [0.05, 0.1) is 32.2 Å². The zero-order chi connectivity index (χ0) is 29.8. The van der Waals surface area contributed by atoms with Crippen LogP contribution in [-0.4, -0.2) is 14.9 Å². The van der Waals surface area contributed by atoms with Gasteiger partial charge in [-0.05, 0) is 47.2 Å². The van der Waals surface area contributed by atoms with Gasteiger partial charge in [-0.25, -0.2) is 8.78 Å². The van der Waals surface area contributed by atoms with E-state index in [9.17, 15) is 18.9 Å². The normalized spacial score (nSPS) is 10.8. The molecule has 0 saturated carbocycles. The van der Waals surface area contributed by atoms with Gasteiger partial charge in [-0.2, -0.15) is 0 Å². The number of nitro benzene ring substituents is 1. The highest BCUT2D eigenvalue weighted by Gasteiger charge is 2.17. The Morgan fingerprint density at radius 3 is 1.64 bits per heavy atom. The molecule has 0 radical (unpaired) electrons. The van der Waals surface area contributed by atoms with Gasteiger partial charge >= 0.3 is 0 Å². The topological polar surface area (TPSA) is 147 Å². The van der Waals surface area contributed by atoms with E-state index in [0.29, 0.717) is 10.6 Å². The number of aromatic nitrogens is 2. The maximum absolute atomic E-state index is 14.1. The van der Waals surface area contributed by atoms with Crippen molar-refractivity contribution in [2.45, 2.75) is 19.6 Å². The van der Waals surface area contributed by atoms with Crippen molar-refractivity contribution in [2.75, 3.05) is 17.2 Å². The lowest BCUT2D eigenvalue weighted by Gasteiger charge is -2.09. The summed E-state index contributed by atoms with van der Waals surface area (Å²) in [6, 6.07) is 20.2. The number of nitrogens with zero attached hydrogens (tertiary/aromatic N) is 3. The predicted molar refractivity (Wildman–Crippen MR) is 164 cm³/mol. The van der Waals surface area contributed by atoms with Crippen molar-refractivity contribution < 1.29 is 13.7 Å². The predicted octanol–water partition coefficient (Wildman–Crippen LogP) is 7.71. The zero-order valence-corrected chi connectivity index (χ0v) is 23.3. The van der Waals surface area contributed by atoms with Gasteiger partial charge in [0.25, 0.3) is 5.69 Å². The van der Waals surface area contributed by atoms with E-state index in [1.165, 1.54) is 35.7 Å². The van der Waals surface area contributed by atoms with Gasteiger partial charge < -0.3 is 17.2 Å². The quantitative estimate of drug-likeness (QED) is 0.103. The molecule has 4 aromatic carbocycles. The number of nitro groups is 1. The van der Waals surface area contributed by atoms with Crippen molar-refractivity contribution in [3.05, 3.63) is 119 Å². The summed E-state index contributed by atoms with van der Waals surface area (Å²) < 4.78 is 28.0. The first-order valence-electron chi connectivity index (χ1n) is 12.3. The molecule has 0 saturated heterocycles. The van der Waals surface area contributed by atoms with E-state index in [2.05, 4.69) is 9.97 Å². The lowest BCUT2D eigenvalue weighted by molar-refractivity contribution is -0.384. The summed E-state index contributed by atoms with van der Waals surface area (Å²) in [4.78, 5) is 20.7. The van der Waals surface area contributed by atoms with E-state index in [-0.39, 0.29) is 22.1 Å². The smallest absolute Gasteiger partial charge is 0.295 e. The molecule has 6 aromatic rings. The molecular weight excluding hydrogens is 579 g/mol. The van der Waals surface area contributed by atoms with Gasteiger partial charge in [0.2, 0.25) is 0 Å². The van der Waals surface area contributed by atoms with Gasteiger partial charge in [-0.15, -0.1) is 0 Å². The van der Waals surface area contributed by atoms with Crippen molar-refractivity contribution in [3.63, 3.8) is 0 Å². The largest absolute Gasteiger partial charge is 0.397 e. The van der Waals surface area contributed by atoms with Crippen molar-refractivity contribution in [3.8, 4) is 0 Å². The second-order valence-corrected chi connectivity index (χ2v) is 11.1. The maximum Gasteiger partial charge on any atom is 0.295 e. The summed E-state index contributed by atoms with van der Waals surface area (Å²) in [6.07, 6.45) is 6.89. The zero-order valence-electron chi connectivity index (χ0n) is 21.7. The Morgan fingerprint density at radius 1 is 0.643 bits per heavy atom. The lowest BCUT2D eigenvalue weighted by Crippen LogP contribution is -1.97. The molecule has 0 fully saturated rings. The SMILES string of the molecule is Nc1cc(F)c(Sc2cccc3cnccc23)cc1N.Nc1cc(Sc2cccc3cnccc23)c(F)cc1[N+](=O)[O-]. The van der Waals surface area contributed by atoms with Gasteiger partial charge in [0.15, 0.2) is 0 Å². The second-order valence-electron chi connectivity index (χ2n) is 8.92. The van der Waals surface area contributed by atoms with Crippen molar-refractivity contribution in [2.24, 2.45) is 0 Å². The maximum atomic E-state index is 14.1. The van der Waals surface area contributed by atoms with Crippen LogP contribution in [-0.2, 0) is 0 Å². The highest BCUT2D eigenvalue weighted by molar-refractivity contribution is 7.99. The summed E-state index contributed by atoms with van der Waals surface area (Å²) in [6.45, 7) is 0. The number of rotatable bonds is 5. The Morgan fingerprint density at radius 2 is 1.12 bits per heavy atom. The molecule has 210 valence electrons. The number of benzene rings is 4. The van der Waals surface area contributed by atoms with E-state index in [4.69, 9.17) is 17.2 Å². The molecule has 2 aromatic heterocycles. The average molecular weight is 601 g/mol. The highest BCUT2D eigenvalue weighted by Crippen LogP contribution is 2.38. The van der Waals surface area contributed by atoms with Gasteiger partial charge in [0, 0.05) is 51.4 Å². The van der Waals surface area contributed by atoms with Crippen molar-refractivity contribution in [1.82, 2.24) is 9.97 Å². The molecule has 6 N–H and O–H groups in total. The second kappa shape index (κ2) is 12.3. The first-order chi connectivity index (χ1) is 20.2. The molecule has 0 bridgehead atoms. The number of hydrogen-bond donors (Lipinski definition) is 3. The van der Waals surface area contributed by atoms with E-state index >= 15 is 0 Å². The minimum absolute atomic E-state index is 0.0594. The van der Waals surface area contributed by atoms with Gasteiger partial charge in [0.1, 0.15) is 17.3 Å². The fourth-order valence-corrected chi connectivity index (χ4v) is 6.10. The molecular formula is C30H22F2N6O2S2. The van der Waals surface area contributed by atoms with Gasteiger partial charge in [-0.3, -0.25) is 20.1 Å². The van der Waals surface area contributed by atoms with Crippen LogP contribution in [0.3, 0.4) is 0 Å². The third-order valence-corrected chi connectivity index (χ3v) is 8.35. The average Bonchev–Trinajstić information content (AvgIpc) is 2.98. The molecule has 0 aliphatic heterocycles. The van der Waals surface area contributed by atoms with E-state index in [1.54, 1.807) is 30.9 Å². The molecule has 0 spiro atoms. The van der Waals surface area contributed by atoms with Crippen molar-refractivity contribution >= 4 is 67.8 Å². The highest BCUT2D eigenvalue weighted by atomic mass is 32.2. The Hall–Kier alpha value is -4.94. The lowest BCUT2D eigenvalue weighted by atomic mass is 10.2. The van der Waals surface area contributed by atoms with Crippen LogP contribution in [0, 0.1) is 21.7 Å². The number of hydrogen-bond acceptors (Lipinski definition) is 9. The number of nitrogens with two attached hydrogens (primary N) is 3. The van der Waals surface area contributed by atoms with Crippen LogP contribution >= 0.6 is 23.5 Å². The number of nitrogen functional groups attached to an aromatic ring is 3. The molecule has 6 rings (SSSR count). The van der Waals surface area contributed by atoms with Crippen LogP contribution in [0.4, 0.5) is 31.5 Å². The van der Waals surface area contributed by atoms with Gasteiger partial charge in [-0.1, -0.05) is 47.8 Å². The first kappa shape index (κ1) is 28.6. The Kier molecular flexibility index (Phi) is 8.36. The summed E-state index contributed by atoms with van der Waals surface area (Å²) >= 11 is 2.50. The summed E-state index contributed by atoms with van der Waals surface area (Å²) in [5.41, 5.74) is 17.1. The summed E-state index contributed by atoms with van der Waals surface area (Å²) in [5, 5.41) is 14.7. The van der Waals surface area contributed by atoms with Crippen LogP contribution in [0.15, 0.2) is 117 Å². The minimum Gasteiger partial charge on any atom is -0.397 e. The number of pyridine rings is 2. The van der Waals surface area contributed by atoms with Crippen LogP contribution in [0.1, 0.15) is 0 Å². The molecule has 0 unspecified atom stereocenters. The molecule has 42 heavy (non-hydrogen) atoms. The van der Waals surface area contributed by atoms with E-state index in [0.717, 1.165) is 37.4 Å². The summed E-state index contributed by atoms with van der Waals surface area (Å²) in [5.74, 6) is -1.04. The third kappa shape index (κ3) is 6.19. The molecule has 0 atom stereocenters. The van der Waals surface area contributed by atoms with Crippen molar-refractivity contribution in [1.29, 1.82) is 0 Å². The molecule has 0 aliphatic rings. The first-order valence-corrected chi connectivity index (χ1v) is 13.9. The standard InChI is InChI=1S/C15H10FN3O2S.C15H12FN3S/c16-11-6-13(19(20)21)12(17)7-15(11)22-14-3-1-2-9-8-18-5-4-10(9)14;16-11-6-12(17)13(18)7-15(11)20-14-3-1-2-9-8-19-5-4-10(9)14/h1-8H,17H2;1-8H,17-18H2. The molecule has 0 aliphatic carbocycles. The van der Waals surface area contributed by atoms with Crippen LogP contribution in [0.25, 0.3) is 21.5 Å². The van der Waals surface area contributed by atoms with Crippen LogP contribution in [0.2, 0.25) is 0 Å². The molecule has 0 amide bonds. The fraction of sp³-hybridized carbons (Fsp3) is 0. The molecule has 2 heterocycles. The van der Waals surface area contributed by atoms with E-state index in [1.807, 2.05) is 48.5 Å². The number of anilines is 3. The molecule has 8 nitrogen and oxygen atoms in total. The Labute approximate surface area is 247 Å². The molecule has 12 heteroatoms.